The molecular weight excluding hydrogens is 256 g/mol. The fourth-order valence-electron chi connectivity index (χ4n) is 2.09. The molecule has 0 N–H and O–H groups in total. The van der Waals surface area contributed by atoms with Gasteiger partial charge in [0.25, 0.3) is 0 Å². The minimum absolute atomic E-state index is 0.0204. The number of aliphatic imine (C=N–C) groups is 2. The van der Waals surface area contributed by atoms with Crippen LogP contribution in [0.5, 0.6) is 0 Å². The van der Waals surface area contributed by atoms with Gasteiger partial charge in [-0.3, -0.25) is 9.98 Å². The van der Waals surface area contributed by atoms with E-state index in [0.29, 0.717) is 0 Å². The van der Waals surface area contributed by atoms with E-state index >= 15 is 0 Å². The van der Waals surface area contributed by atoms with Gasteiger partial charge in [-0.25, -0.2) is 0 Å². The zero-order valence-electron chi connectivity index (χ0n) is 12.3. The highest BCUT2D eigenvalue weighted by atomic mass is 14.8. The molecule has 0 radical (unpaired) electrons. The minimum atomic E-state index is 0.0204. The van der Waals surface area contributed by atoms with E-state index in [-0.39, 0.29) is 12.0 Å². The maximum Gasteiger partial charge on any atom is 0.0995 e. The molecule has 2 nitrogen and oxygen atoms in total. The lowest BCUT2D eigenvalue weighted by Crippen LogP contribution is -2.02. The average molecular weight is 276 g/mol. The van der Waals surface area contributed by atoms with Crippen LogP contribution in [0.25, 0.3) is 0 Å². The first-order valence-corrected chi connectivity index (χ1v) is 7.08. The monoisotopic (exact) mass is 276 g/mol. The molecule has 0 aliphatic rings. The van der Waals surface area contributed by atoms with Gasteiger partial charge in [0.2, 0.25) is 0 Å². The Kier molecular flexibility index (Phi) is 5.65. The lowest BCUT2D eigenvalue weighted by Gasteiger charge is -2.14. The molecule has 1 unspecified atom stereocenters. The lowest BCUT2D eigenvalue weighted by molar-refractivity contribution is 0.867. The summed E-state index contributed by atoms with van der Waals surface area (Å²) in [5, 5.41) is 0. The maximum absolute atomic E-state index is 4.77. The third-order valence-electron chi connectivity index (χ3n) is 3.13. The van der Waals surface area contributed by atoms with Gasteiger partial charge >= 0.3 is 0 Å². The molecular formula is C19H20N2. The van der Waals surface area contributed by atoms with Gasteiger partial charge in [0.1, 0.15) is 0 Å². The predicted molar refractivity (Wildman–Crippen MR) is 91.1 cm³/mol. The van der Waals surface area contributed by atoms with E-state index in [1.54, 1.807) is 0 Å². The van der Waals surface area contributed by atoms with Crippen LogP contribution in [0.4, 0.5) is 0 Å². The minimum Gasteiger partial charge on any atom is -0.284 e. The Balaban J connectivity index is 2.27. The third kappa shape index (κ3) is 4.53. The van der Waals surface area contributed by atoms with E-state index in [9.17, 15) is 0 Å². The molecule has 0 bridgehead atoms. The van der Waals surface area contributed by atoms with Gasteiger partial charge in [0, 0.05) is 24.5 Å². The fraction of sp³-hybridized carbons (Fsp3) is 0.158. The zero-order chi connectivity index (χ0) is 14.9. The predicted octanol–water partition coefficient (Wildman–Crippen LogP) is 4.70. The Morgan fingerprint density at radius 3 is 1.86 bits per heavy atom. The molecule has 0 saturated heterocycles. The second-order valence-corrected chi connectivity index (χ2v) is 4.86. The summed E-state index contributed by atoms with van der Waals surface area (Å²) in [4.78, 5) is 8.81. The normalized spacial score (nSPS) is 13.0. The first kappa shape index (κ1) is 14.9. The number of hydrogen-bond acceptors (Lipinski definition) is 2. The molecule has 2 rings (SSSR count). The van der Waals surface area contributed by atoms with Gasteiger partial charge in [-0.15, -0.1) is 0 Å². The summed E-state index contributed by atoms with van der Waals surface area (Å²) in [6, 6.07) is 20.7. The number of benzene rings is 2. The topological polar surface area (TPSA) is 24.7 Å². The average Bonchev–Trinajstić information content (AvgIpc) is 2.55. The summed E-state index contributed by atoms with van der Waals surface area (Å²) >= 11 is 0. The van der Waals surface area contributed by atoms with Crippen molar-refractivity contribution >= 4 is 12.4 Å². The van der Waals surface area contributed by atoms with Crippen LogP contribution in [-0.2, 0) is 0 Å². The van der Waals surface area contributed by atoms with Crippen LogP contribution in [0.1, 0.15) is 24.1 Å². The molecule has 21 heavy (non-hydrogen) atoms. The molecule has 0 heterocycles. The summed E-state index contributed by atoms with van der Waals surface area (Å²) in [5.74, 6) is 0.179. The molecule has 0 spiro atoms. The summed E-state index contributed by atoms with van der Waals surface area (Å²) in [7, 11) is 0. The molecule has 0 amide bonds. The van der Waals surface area contributed by atoms with Crippen LogP contribution in [0, 0.1) is 5.92 Å². The van der Waals surface area contributed by atoms with Crippen molar-refractivity contribution in [3.05, 3.63) is 84.6 Å². The molecule has 0 aliphatic heterocycles. The van der Waals surface area contributed by atoms with Crippen LogP contribution < -0.4 is 0 Å². The first-order chi connectivity index (χ1) is 10.3. The van der Waals surface area contributed by atoms with E-state index in [4.69, 9.17) is 4.99 Å². The Morgan fingerprint density at radius 2 is 1.38 bits per heavy atom. The fourth-order valence-corrected chi connectivity index (χ4v) is 2.09. The maximum atomic E-state index is 4.77. The van der Waals surface area contributed by atoms with Crippen LogP contribution in [-0.4, -0.2) is 12.4 Å². The van der Waals surface area contributed by atoms with Gasteiger partial charge in [0.05, 0.1) is 6.04 Å². The summed E-state index contributed by atoms with van der Waals surface area (Å²) in [6.07, 6.45) is 5.32. The molecule has 1 atom stereocenters. The van der Waals surface area contributed by atoms with Crippen molar-refractivity contribution in [2.75, 3.05) is 0 Å². The zero-order valence-corrected chi connectivity index (χ0v) is 12.3. The van der Waals surface area contributed by atoms with Crippen LogP contribution in [0.2, 0.25) is 0 Å². The summed E-state index contributed by atoms with van der Waals surface area (Å²) in [5.41, 5.74) is 2.38. The third-order valence-corrected chi connectivity index (χ3v) is 3.13. The SMILES string of the molecule is C=CN=CC(C)C=NC(c1ccccc1)c1ccccc1. The Morgan fingerprint density at radius 1 is 0.857 bits per heavy atom. The van der Waals surface area contributed by atoms with E-state index in [0.717, 1.165) is 0 Å². The standard InChI is InChI=1S/C19H20N2/c1-3-20-14-16(2)15-21-19(17-10-6-4-7-11-17)18-12-8-5-9-13-18/h3-16,19H,1H2,2H3. The number of rotatable bonds is 6. The second-order valence-electron chi connectivity index (χ2n) is 4.86. The van der Waals surface area contributed by atoms with Crippen LogP contribution in [0.3, 0.4) is 0 Å². The van der Waals surface area contributed by atoms with Crippen molar-refractivity contribution in [2.45, 2.75) is 13.0 Å². The molecule has 0 saturated carbocycles. The van der Waals surface area contributed by atoms with E-state index in [1.165, 1.54) is 17.3 Å². The molecule has 2 aromatic carbocycles. The van der Waals surface area contributed by atoms with Crippen molar-refractivity contribution < 1.29 is 0 Å². The van der Waals surface area contributed by atoms with Crippen molar-refractivity contribution in [1.82, 2.24) is 0 Å². The number of hydrogen-bond donors (Lipinski definition) is 0. The first-order valence-electron chi connectivity index (χ1n) is 7.08. The Labute approximate surface area is 126 Å². The number of nitrogens with zero attached hydrogens (tertiary/aromatic N) is 2. The Bertz CT molecular complexity index is 560. The van der Waals surface area contributed by atoms with Gasteiger partial charge < -0.3 is 0 Å². The quantitative estimate of drug-likeness (QED) is 0.683. The Hall–Kier alpha value is -2.48. The highest BCUT2D eigenvalue weighted by molar-refractivity contribution is 5.83. The van der Waals surface area contributed by atoms with Gasteiger partial charge in [-0.1, -0.05) is 74.2 Å². The van der Waals surface area contributed by atoms with E-state index < -0.39 is 0 Å². The molecule has 106 valence electrons. The smallest absolute Gasteiger partial charge is 0.0995 e. The molecule has 0 fully saturated rings. The van der Waals surface area contributed by atoms with Gasteiger partial charge in [-0.2, -0.15) is 0 Å². The van der Waals surface area contributed by atoms with Crippen molar-refractivity contribution in [3.8, 4) is 0 Å². The van der Waals surface area contributed by atoms with Crippen LogP contribution in [0.15, 0.2) is 83.4 Å². The molecule has 2 aromatic rings. The van der Waals surface area contributed by atoms with Crippen molar-refractivity contribution in [3.63, 3.8) is 0 Å². The van der Waals surface area contributed by atoms with Crippen molar-refractivity contribution in [1.29, 1.82) is 0 Å². The summed E-state index contributed by atoms with van der Waals surface area (Å²) in [6.45, 7) is 5.64. The van der Waals surface area contributed by atoms with Crippen molar-refractivity contribution in [2.24, 2.45) is 15.9 Å². The highest BCUT2D eigenvalue weighted by Gasteiger charge is 2.11. The summed E-state index contributed by atoms with van der Waals surface area (Å²) < 4.78 is 0. The molecule has 0 aliphatic carbocycles. The highest BCUT2D eigenvalue weighted by Crippen LogP contribution is 2.25. The molecule has 2 heteroatoms. The van der Waals surface area contributed by atoms with Gasteiger partial charge in [0.15, 0.2) is 0 Å². The van der Waals surface area contributed by atoms with E-state index in [1.807, 2.05) is 48.8 Å². The lowest BCUT2D eigenvalue weighted by atomic mass is 9.99. The largest absolute Gasteiger partial charge is 0.284 e. The molecule has 0 aromatic heterocycles. The van der Waals surface area contributed by atoms with Gasteiger partial charge in [-0.05, 0) is 11.1 Å². The second kappa shape index (κ2) is 7.95. The van der Waals surface area contributed by atoms with E-state index in [2.05, 4.69) is 42.8 Å². The van der Waals surface area contributed by atoms with Crippen LogP contribution >= 0.6 is 0 Å².